The van der Waals surface area contributed by atoms with Gasteiger partial charge in [-0.25, -0.2) is 4.79 Å². The highest BCUT2D eigenvalue weighted by Crippen LogP contribution is 2.50. The van der Waals surface area contributed by atoms with Gasteiger partial charge in [0, 0.05) is 5.92 Å². The number of hydrogen-bond acceptors (Lipinski definition) is 4. The molecule has 1 spiro atoms. The normalized spacial score (nSPS) is 55.4. The van der Waals surface area contributed by atoms with E-state index in [1.807, 2.05) is 6.92 Å². The van der Waals surface area contributed by atoms with Crippen LogP contribution in [-0.2, 0) is 19.0 Å². The Morgan fingerprint density at radius 3 is 2.88 bits per heavy atom. The molecule has 4 nitrogen and oxygen atoms in total. The number of carbonyl (C=O) groups is 1. The van der Waals surface area contributed by atoms with Crippen LogP contribution in [0, 0.1) is 11.8 Å². The molecule has 4 heteroatoms. The van der Waals surface area contributed by atoms with Crippen LogP contribution in [0.1, 0.15) is 26.2 Å². The van der Waals surface area contributed by atoms with Gasteiger partial charge in [0.05, 0.1) is 0 Å². The van der Waals surface area contributed by atoms with Gasteiger partial charge in [0.25, 0.3) is 0 Å². The maximum absolute atomic E-state index is 12.3. The molecule has 5 aliphatic rings. The lowest BCUT2D eigenvalue weighted by molar-refractivity contribution is -0.197. The van der Waals surface area contributed by atoms with Crippen LogP contribution in [0.2, 0.25) is 0 Å². The van der Waals surface area contributed by atoms with E-state index in [1.54, 1.807) is 0 Å². The summed E-state index contributed by atoms with van der Waals surface area (Å²) in [6.07, 6.45) is 6.81. The highest BCUT2D eigenvalue weighted by atomic mass is 16.8. The summed E-state index contributed by atoms with van der Waals surface area (Å²) >= 11 is 0. The lowest BCUT2D eigenvalue weighted by Gasteiger charge is -2.45. The fourth-order valence-corrected chi connectivity index (χ4v) is 3.47. The van der Waals surface area contributed by atoms with E-state index in [9.17, 15) is 4.79 Å². The zero-order valence-corrected chi connectivity index (χ0v) is 9.80. The minimum Gasteiger partial charge on any atom is -0.458 e. The summed E-state index contributed by atoms with van der Waals surface area (Å²) in [5, 5.41) is 0. The fourth-order valence-electron chi connectivity index (χ4n) is 3.47. The predicted octanol–water partition coefficient (Wildman–Crippen LogP) is 1.40. The number of carbonyl (C=O) groups excluding carboxylic acids is 1. The van der Waals surface area contributed by atoms with E-state index < -0.39 is 5.60 Å². The van der Waals surface area contributed by atoms with Crippen LogP contribution in [0.25, 0.3) is 0 Å². The van der Waals surface area contributed by atoms with Gasteiger partial charge in [0.2, 0.25) is 0 Å². The van der Waals surface area contributed by atoms with Gasteiger partial charge >= 0.3 is 5.97 Å². The van der Waals surface area contributed by atoms with Crippen molar-refractivity contribution in [3.63, 3.8) is 0 Å². The molecule has 0 aromatic carbocycles. The number of allylic oxidation sites excluding steroid dienone is 1. The van der Waals surface area contributed by atoms with Gasteiger partial charge in [0.15, 0.2) is 11.9 Å². The first kappa shape index (κ1) is 10.1. The second-order valence-electron chi connectivity index (χ2n) is 5.62. The molecule has 0 radical (unpaired) electrons. The summed E-state index contributed by atoms with van der Waals surface area (Å²) in [5.74, 6) is 0.438. The monoisotopic (exact) mass is 236 g/mol. The highest BCUT2D eigenvalue weighted by Gasteiger charge is 2.62. The Bertz CT molecular complexity index is 404. The van der Waals surface area contributed by atoms with E-state index in [-0.39, 0.29) is 30.4 Å². The number of cyclic esters (lactones) is 1. The molecule has 1 saturated carbocycles. The van der Waals surface area contributed by atoms with Crippen molar-refractivity contribution in [3.8, 4) is 0 Å². The smallest absolute Gasteiger partial charge is 0.339 e. The Balaban J connectivity index is 1.72. The molecule has 2 saturated heterocycles. The van der Waals surface area contributed by atoms with Gasteiger partial charge in [0.1, 0.15) is 12.2 Å². The molecule has 5 rings (SSSR count). The third kappa shape index (κ3) is 1.28. The van der Waals surface area contributed by atoms with Crippen molar-refractivity contribution in [2.45, 2.75) is 50.3 Å². The van der Waals surface area contributed by atoms with E-state index in [0.717, 1.165) is 19.3 Å². The van der Waals surface area contributed by atoms with E-state index in [4.69, 9.17) is 14.2 Å². The highest BCUT2D eigenvalue weighted by molar-refractivity contribution is 5.81. The number of ether oxygens (including phenoxy) is 3. The average molecular weight is 236 g/mol. The molecule has 2 bridgehead atoms. The van der Waals surface area contributed by atoms with Crippen LogP contribution in [0.5, 0.6) is 0 Å². The molecule has 2 aliphatic heterocycles. The first-order valence-corrected chi connectivity index (χ1v) is 6.42. The molecule has 3 aliphatic carbocycles. The SMILES string of the molecule is CC1OC(=O)C2(CC3C=CC2CC3)OC2OC12. The van der Waals surface area contributed by atoms with Crippen molar-refractivity contribution in [1.82, 2.24) is 0 Å². The third-order valence-electron chi connectivity index (χ3n) is 4.54. The summed E-state index contributed by atoms with van der Waals surface area (Å²) in [7, 11) is 0. The number of fused-ring (bicyclic) bond motifs is 2. The standard InChI is InChI=1S/C13H16O4/c1-7-10-11(16-10)17-13(12(14)15-7)6-8-2-4-9(13)5-3-8/h2,4,7-11H,3,5-6H2,1H3. The van der Waals surface area contributed by atoms with Gasteiger partial charge in [-0.05, 0) is 32.1 Å². The summed E-state index contributed by atoms with van der Waals surface area (Å²) in [4.78, 5) is 12.3. The van der Waals surface area contributed by atoms with Crippen LogP contribution >= 0.6 is 0 Å². The second kappa shape index (κ2) is 3.12. The second-order valence-corrected chi connectivity index (χ2v) is 5.62. The number of hydrogen-bond donors (Lipinski definition) is 0. The van der Waals surface area contributed by atoms with Crippen molar-refractivity contribution >= 4 is 5.97 Å². The van der Waals surface area contributed by atoms with Gasteiger partial charge < -0.3 is 14.2 Å². The number of epoxide rings is 1. The number of rotatable bonds is 0. The third-order valence-corrected chi connectivity index (χ3v) is 4.54. The van der Waals surface area contributed by atoms with Crippen molar-refractivity contribution in [1.29, 1.82) is 0 Å². The molecule has 2 heterocycles. The first-order valence-electron chi connectivity index (χ1n) is 6.42. The van der Waals surface area contributed by atoms with E-state index >= 15 is 0 Å². The first-order chi connectivity index (χ1) is 8.19. The molecule has 92 valence electrons. The molecule has 3 fully saturated rings. The molecule has 6 unspecified atom stereocenters. The lowest BCUT2D eigenvalue weighted by atomic mass is 9.66. The van der Waals surface area contributed by atoms with Gasteiger partial charge in [-0.3, -0.25) is 0 Å². The Labute approximate surface area is 99.9 Å². The van der Waals surface area contributed by atoms with Gasteiger partial charge in [-0.15, -0.1) is 0 Å². The summed E-state index contributed by atoms with van der Waals surface area (Å²) in [5.41, 5.74) is -0.762. The zero-order valence-electron chi connectivity index (χ0n) is 9.80. The summed E-state index contributed by atoms with van der Waals surface area (Å²) in [6.45, 7) is 1.88. The molecule has 0 aromatic heterocycles. The van der Waals surface area contributed by atoms with Gasteiger partial charge in [-0.1, -0.05) is 12.2 Å². The Kier molecular flexibility index (Phi) is 1.85. The van der Waals surface area contributed by atoms with Crippen LogP contribution in [0.4, 0.5) is 0 Å². The van der Waals surface area contributed by atoms with E-state index in [0.29, 0.717) is 5.92 Å². The Hall–Kier alpha value is -0.870. The maximum atomic E-state index is 12.3. The van der Waals surface area contributed by atoms with E-state index in [2.05, 4.69) is 12.2 Å². The van der Waals surface area contributed by atoms with Crippen LogP contribution in [-0.4, -0.2) is 30.1 Å². The number of esters is 1. The van der Waals surface area contributed by atoms with Crippen molar-refractivity contribution in [2.75, 3.05) is 0 Å². The zero-order chi connectivity index (χ0) is 11.6. The summed E-state index contributed by atoms with van der Waals surface area (Å²) in [6, 6.07) is 0. The molecule has 0 N–H and O–H groups in total. The molecule has 6 atom stereocenters. The lowest BCUT2D eigenvalue weighted by Crippen LogP contribution is -2.54. The maximum Gasteiger partial charge on any atom is 0.339 e. The van der Waals surface area contributed by atoms with Crippen molar-refractivity contribution in [3.05, 3.63) is 12.2 Å². The Morgan fingerprint density at radius 1 is 1.35 bits per heavy atom. The largest absolute Gasteiger partial charge is 0.458 e. The molecule has 0 amide bonds. The van der Waals surface area contributed by atoms with Crippen molar-refractivity contribution < 1.29 is 19.0 Å². The predicted molar refractivity (Wildman–Crippen MR) is 58.0 cm³/mol. The van der Waals surface area contributed by atoms with Crippen LogP contribution < -0.4 is 0 Å². The van der Waals surface area contributed by atoms with Crippen LogP contribution in [0.15, 0.2) is 12.2 Å². The average Bonchev–Trinajstić information content (AvgIpc) is 3.09. The molecule has 17 heavy (non-hydrogen) atoms. The van der Waals surface area contributed by atoms with E-state index in [1.165, 1.54) is 0 Å². The van der Waals surface area contributed by atoms with Gasteiger partial charge in [-0.2, -0.15) is 0 Å². The van der Waals surface area contributed by atoms with Crippen molar-refractivity contribution in [2.24, 2.45) is 11.8 Å². The topological polar surface area (TPSA) is 48.1 Å². The minimum absolute atomic E-state index is 0.0530. The molecular formula is C13H16O4. The quantitative estimate of drug-likeness (QED) is 0.362. The fraction of sp³-hybridized carbons (Fsp3) is 0.769. The molecule has 0 aromatic rings. The summed E-state index contributed by atoms with van der Waals surface area (Å²) < 4.78 is 16.9. The minimum atomic E-state index is -0.762. The van der Waals surface area contributed by atoms with Crippen LogP contribution in [0.3, 0.4) is 0 Å². The Morgan fingerprint density at radius 2 is 2.24 bits per heavy atom. The molecular weight excluding hydrogens is 220 g/mol.